The quantitative estimate of drug-likeness (QED) is 0.536. The minimum Gasteiger partial charge on any atom is -0.392 e. The molecule has 0 aromatic carbocycles. The van der Waals surface area contributed by atoms with E-state index in [2.05, 4.69) is 20.8 Å². The summed E-state index contributed by atoms with van der Waals surface area (Å²) in [6.07, 6.45) is 10.2. The van der Waals surface area contributed by atoms with Gasteiger partial charge in [0.1, 0.15) is 0 Å². The van der Waals surface area contributed by atoms with Gasteiger partial charge in [-0.3, -0.25) is 0 Å². The highest BCUT2D eigenvalue weighted by atomic mass is 32.2. The lowest BCUT2D eigenvalue weighted by Gasteiger charge is -2.11. The molecule has 1 unspecified atom stereocenters. The van der Waals surface area contributed by atoms with Gasteiger partial charge >= 0.3 is 0 Å². The van der Waals surface area contributed by atoms with Crippen LogP contribution in [0, 0.1) is 0 Å². The topological polar surface area (TPSA) is 20.2 Å². The summed E-state index contributed by atoms with van der Waals surface area (Å²) in [5.41, 5.74) is 0. The monoisotopic (exact) mass is 246 g/mol. The lowest BCUT2D eigenvalue weighted by Crippen LogP contribution is -2.11. The third-order valence-corrected chi connectivity index (χ3v) is 4.01. The molecule has 0 aliphatic heterocycles. The molecule has 0 bridgehead atoms. The number of hydrogen-bond acceptors (Lipinski definition) is 2. The van der Waals surface area contributed by atoms with E-state index in [1.807, 2.05) is 11.8 Å². The summed E-state index contributed by atoms with van der Waals surface area (Å²) < 4.78 is 0. The van der Waals surface area contributed by atoms with Gasteiger partial charge in [-0.05, 0) is 11.7 Å². The average Bonchev–Trinajstić information content (AvgIpc) is 2.25. The molecule has 0 aliphatic rings. The third-order valence-electron chi connectivity index (χ3n) is 2.76. The fraction of sp³-hybridized carbons (Fsp3) is 1.00. The van der Waals surface area contributed by atoms with Crippen molar-refractivity contribution >= 4 is 11.8 Å². The van der Waals surface area contributed by atoms with Crippen LogP contribution in [0.2, 0.25) is 0 Å². The Labute approximate surface area is 106 Å². The largest absolute Gasteiger partial charge is 0.392 e. The van der Waals surface area contributed by atoms with Crippen LogP contribution in [0.15, 0.2) is 0 Å². The Morgan fingerprint density at radius 3 is 2.06 bits per heavy atom. The van der Waals surface area contributed by atoms with E-state index in [1.54, 1.807) is 0 Å². The van der Waals surface area contributed by atoms with Gasteiger partial charge in [0.2, 0.25) is 0 Å². The molecule has 16 heavy (non-hydrogen) atoms. The predicted octanol–water partition coefficient (Wildman–Crippen LogP) is 4.63. The summed E-state index contributed by atoms with van der Waals surface area (Å²) >= 11 is 1.86. The molecule has 0 saturated carbocycles. The van der Waals surface area contributed by atoms with Crippen molar-refractivity contribution in [2.75, 3.05) is 5.75 Å². The fourth-order valence-corrected chi connectivity index (χ4v) is 2.50. The smallest absolute Gasteiger partial charge is 0.0630 e. The zero-order valence-electron chi connectivity index (χ0n) is 11.4. The first-order valence-electron chi connectivity index (χ1n) is 6.96. The van der Waals surface area contributed by atoms with Gasteiger partial charge < -0.3 is 5.11 Å². The third kappa shape index (κ3) is 12.4. The second kappa shape index (κ2) is 11.8. The molecule has 0 amide bonds. The lowest BCUT2D eigenvalue weighted by atomic mass is 10.1. The molecule has 98 valence electrons. The molecule has 0 fully saturated rings. The molecule has 1 N–H and O–H groups in total. The Balaban J connectivity index is 3.12. The van der Waals surface area contributed by atoms with Crippen LogP contribution >= 0.6 is 11.8 Å². The van der Waals surface area contributed by atoms with Crippen LogP contribution in [0.3, 0.4) is 0 Å². The van der Waals surface area contributed by atoms with Gasteiger partial charge in [0, 0.05) is 5.75 Å². The molecule has 0 saturated heterocycles. The fourth-order valence-electron chi connectivity index (χ4n) is 1.72. The van der Waals surface area contributed by atoms with Gasteiger partial charge in [-0.2, -0.15) is 11.8 Å². The van der Waals surface area contributed by atoms with Crippen molar-refractivity contribution in [3.8, 4) is 0 Å². The Morgan fingerprint density at radius 1 is 0.938 bits per heavy atom. The van der Waals surface area contributed by atoms with E-state index in [-0.39, 0.29) is 6.10 Å². The van der Waals surface area contributed by atoms with Crippen LogP contribution in [-0.4, -0.2) is 22.2 Å². The van der Waals surface area contributed by atoms with E-state index in [1.165, 1.54) is 44.9 Å². The molecule has 0 rings (SSSR count). The molecule has 0 radical (unpaired) electrons. The van der Waals surface area contributed by atoms with Crippen LogP contribution in [0.25, 0.3) is 0 Å². The Hall–Kier alpha value is 0.310. The summed E-state index contributed by atoms with van der Waals surface area (Å²) in [6, 6.07) is 0. The van der Waals surface area contributed by atoms with Crippen LogP contribution < -0.4 is 0 Å². The van der Waals surface area contributed by atoms with Crippen LogP contribution in [-0.2, 0) is 0 Å². The van der Waals surface area contributed by atoms with Crippen molar-refractivity contribution in [3.05, 3.63) is 0 Å². The Morgan fingerprint density at radius 2 is 1.50 bits per heavy atom. The summed E-state index contributed by atoms with van der Waals surface area (Å²) in [4.78, 5) is 0. The second-order valence-electron chi connectivity index (χ2n) is 4.95. The predicted molar refractivity (Wildman–Crippen MR) is 76.2 cm³/mol. The van der Waals surface area contributed by atoms with Gasteiger partial charge in [0.15, 0.2) is 0 Å². The molecule has 0 heterocycles. The number of hydrogen-bond donors (Lipinski definition) is 1. The highest BCUT2D eigenvalue weighted by Gasteiger charge is 2.05. The molecule has 1 nitrogen and oxygen atoms in total. The SMILES string of the molecule is CCCCCCCCCC(O)CSC(C)C. The summed E-state index contributed by atoms with van der Waals surface area (Å²) in [5.74, 6) is 0.910. The summed E-state index contributed by atoms with van der Waals surface area (Å²) in [6.45, 7) is 6.62. The zero-order valence-corrected chi connectivity index (χ0v) is 12.2. The van der Waals surface area contributed by atoms with Crippen molar-refractivity contribution in [1.29, 1.82) is 0 Å². The minimum atomic E-state index is -0.0805. The van der Waals surface area contributed by atoms with E-state index in [0.29, 0.717) is 5.25 Å². The van der Waals surface area contributed by atoms with Gasteiger partial charge in [-0.1, -0.05) is 65.7 Å². The number of aliphatic hydroxyl groups excluding tert-OH is 1. The number of thioether (sulfide) groups is 1. The molecular weight excluding hydrogens is 216 g/mol. The Kier molecular flexibility index (Phi) is 12.0. The van der Waals surface area contributed by atoms with E-state index in [9.17, 15) is 5.11 Å². The van der Waals surface area contributed by atoms with E-state index >= 15 is 0 Å². The van der Waals surface area contributed by atoms with Crippen LogP contribution in [0.5, 0.6) is 0 Å². The Bertz CT molecular complexity index is 137. The molecule has 0 aliphatic carbocycles. The van der Waals surface area contributed by atoms with E-state index in [4.69, 9.17) is 0 Å². The van der Waals surface area contributed by atoms with Crippen molar-refractivity contribution < 1.29 is 5.11 Å². The van der Waals surface area contributed by atoms with E-state index in [0.717, 1.165) is 12.2 Å². The normalized spacial score (nSPS) is 13.3. The molecular formula is C14H30OS. The number of unbranched alkanes of at least 4 members (excludes halogenated alkanes) is 6. The maximum absolute atomic E-state index is 9.72. The number of aliphatic hydroxyl groups is 1. The highest BCUT2D eigenvalue weighted by molar-refractivity contribution is 7.99. The molecule has 0 aromatic heterocycles. The van der Waals surface area contributed by atoms with Crippen molar-refractivity contribution in [2.24, 2.45) is 0 Å². The minimum absolute atomic E-state index is 0.0805. The maximum Gasteiger partial charge on any atom is 0.0630 e. The van der Waals surface area contributed by atoms with Gasteiger partial charge in [0.25, 0.3) is 0 Å². The van der Waals surface area contributed by atoms with Gasteiger partial charge in [-0.15, -0.1) is 0 Å². The zero-order chi connectivity index (χ0) is 12.2. The summed E-state index contributed by atoms with van der Waals surface area (Å²) in [7, 11) is 0. The standard InChI is InChI=1S/C14H30OS/c1-4-5-6-7-8-9-10-11-14(15)12-16-13(2)3/h13-15H,4-12H2,1-3H3. The van der Waals surface area contributed by atoms with Gasteiger partial charge in [-0.25, -0.2) is 0 Å². The first-order valence-corrected chi connectivity index (χ1v) is 8.01. The molecule has 0 aromatic rings. The van der Waals surface area contributed by atoms with Crippen molar-refractivity contribution in [2.45, 2.75) is 83.5 Å². The van der Waals surface area contributed by atoms with Gasteiger partial charge in [0.05, 0.1) is 6.10 Å². The first kappa shape index (κ1) is 16.3. The van der Waals surface area contributed by atoms with Crippen molar-refractivity contribution in [1.82, 2.24) is 0 Å². The lowest BCUT2D eigenvalue weighted by molar-refractivity contribution is 0.184. The average molecular weight is 246 g/mol. The molecule has 0 spiro atoms. The van der Waals surface area contributed by atoms with E-state index < -0.39 is 0 Å². The summed E-state index contributed by atoms with van der Waals surface area (Å²) in [5, 5.41) is 10.4. The van der Waals surface area contributed by atoms with Crippen LogP contribution in [0.1, 0.15) is 72.1 Å². The van der Waals surface area contributed by atoms with Crippen molar-refractivity contribution in [3.63, 3.8) is 0 Å². The highest BCUT2D eigenvalue weighted by Crippen LogP contribution is 2.15. The van der Waals surface area contributed by atoms with Crippen LogP contribution in [0.4, 0.5) is 0 Å². The maximum atomic E-state index is 9.72. The second-order valence-corrected chi connectivity index (χ2v) is 6.56. The molecule has 1 atom stereocenters. The number of rotatable bonds is 11. The first-order chi connectivity index (χ1) is 7.66. The molecule has 2 heteroatoms.